The molecule has 0 aliphatic carbocycles. The van der Waals surface area contributed by atoms with Crippen molar-refractivity contribution in [2.75, 3.05) is 10.7 Å². The van der Waals surface area contributed by atoms with Crippen LogP contribution < -0.4 is 16.6 Å². The molecule has 0 spiro atoms. The third-order valence-electron chi connectivity index (χ3n) is 2.27. The monoisotopic (exact) mass is 194 g/mol. The maximum atomic E-state index is 5.27. The summed E-state index contributed by atoms with van der Waals surface area (Å²) in [4.78, 5) is 4.04. The molecule has 1 aromatic heterocycles. The zero-order chi connectivity index (χ0) is 10.6. The van der Waals surface area contributed by atoms with Gasteiger partial charge in [0.25, 0.3) is 0 Å². The lowest BCUT2D eigenvalue weighted by atomic mass is 10.0. The lowest BCUT2D eigenvalue weighted by Gasteiger charge is -2.25. The first kappa shape index (κ1) is 10.8. The molecule has 0 fully saturated rings. The molecule has 0 aliphatic heterocycles. The van der Waals surface area contributed by atoms with Crippen LogP contribution in [0.3, 0.4) is 0 Å². The molecular weight excluding hydrogens is 176 g/mol. The molecule has 1 aromatic rings. The highest BCUT2D eigenvalue weighted by molar-refractivity contribution is 5.52. The number of hydrogen-bond acceptors (Lipinski definition) is 4. The Morgan fingerprint density at radius 2 is 2.21 bits per heavy atom. The van der Waals surface area contributed by atoms with Crippen molar-refractivity contribution in [3.8, 4) is 0 Å². The van der Waals surface area contributed by atoms with Gasteiger partial charge in [0.15, 0.2) is 0 Å². The van der Waals surface area contributed by atoms with Gasteiger partial charge in [0, 0.05) is 23.5 Å². The number of nitrogens with two attached hydrogens (primary N) is 1. The Labute approximate surface area is 84.9 Å². The summed E-state index contributed by atoms with van der Waals surface area (Å²) in [6.45, 7) is 6.46. The van der Waals surface area contributed by atoms with Crippen LogP contribution in [-0.4, -0.2) is 10.5 Å². The van der Waals surface area contributed by atoms with Gasteiger partial charge in [-0.2, -0.15) is 0 Å². The largest absolute Gasteiger partial charge is 0.380 e. The van der Waals surface area contributed by atoms with E-state index in [1.54, 1.807) is 6.20 Å². The number of nitrogen functional groups attached to an aromatic ring is 1. The molecule has 0 unspecified atom stereocenters. The second kappa shape index (κ2) is 4.28. The summed E-state index contributed by atoms with van der Waals surface area (Å²) in [7, 11) is 0. The number of nitrogens with one attached hydrogen (secondary N) is 2. The highest BCUT2D eigenvalue weighted by Gasteiger charge is 2.13. The molecule has 4 N–H and O–H groups in total. The molecule has 0 atom stereocenters. The van der Waals surface area contributed by atoms with E-state index in [1.807, 2.05) is 12.1 Å². The Bertz CT molecular complexity index is 296. The summed E-state index contributed by atoms with van der Waals surface area (Å²) in [5.41, 5.74) is 3.64. The number of pyridine rings is 1. The van der Waals surface area contributed by atoms with Crippen molar-refractivity contribution in [1.29, 1.82) is 0 Å². The molecule has 0 aromatic carbocycles. The number of aromatic nitrogens is 1. The van der Waals surface area contributed by atoms with E-state index in [-0.39, 0.29) is 5.54 Å². The van der Waals surface area contributed by atoms with Crippen molar-refractivity contribution in [1.82, 2.24) is 4.98 Å². The molecule has 0 radical (unpaired) electrons. The maximum absolute atomic E-state index is 5.27. The number of rotatable bonds is 4. The van der Waals surface area contributed by atoms with Crippen molar-refractivity contribution < 1.29 is 0 Å². The van der Waals surface area contributed by atoms with Crippen LogP contribution in [0.15, 0.2) is 18.3 Å². The van der Waals surface area contributed by atoms with Crippen LogP contribution in [-0.2, 0) is 0 Å². The Morgan fingerprint density at radius 3 is 2.79 bits per heavy atom. The molecule has 1 rings (SSSR count). The predicted octanol–water partition coefficient (Wildman–Crippen LogP) is 1.97. The standard InChI is InChI=1S/C10H18N4/c1-4-10(2,3)13-8-5-6-12-9(7-8)14-11/h5-7H,4,11H2,1-3H3,(H2,12,13,14). The Kier molecular flexibility index (Phi) is 3.30. The maximum Gasteiger partial charge on any atom is 0.141 e. The number of nitrogens with zero attached hydrogens (tertiary/aromatic N) is 1. The average Bonchev–Trinajstić information content (AvgIpc) is 2.17. The summed E-state index contributed by atoms with van der Waals surface area (Å²) in [6.07, 6.45) is 2.78. The van der Waals surface area contributed by atoms with Crippen LogP contribution >= 0.6 is 0 Å². The van der Waals surface area contributed by atoms with E-state index in [1.165, 1.54) is 0 Å². The zero-order valence-electron chi connectivity index (χ0n) is 8.96. The Hall–Kier alpha value is -1.29. The lowest BCUT2D eigenvalue weighted by molar-refractivity contribution is 0.547. The van der Waals surface area contributed by atoms with Crippen LogP contribution in [0.2, 0.25) is 0 Å². The van der Waals surface area contributed by atoms with E-state index in [0.717, 1.165) is 12.1 Å². The molecule has 1 heterocycles. The Morgan fingerprint density at radius 1 is 1.50 bits per heavy atom. The van der Waals surface area contributed by atoms with Gasteiger partial charge in [-0.3, -0.25) is 0 Å². The van der Waals surface area contributed by atoms with E-state index in [0.29, 0.717) is 5.82 Å². The third kappa shape index (κ3) is 2.88. The van der Waals surface area contributed by atoms with Crippen LogP contribution in [0.4, 0.5) is 11.5 Å². The summed E-state index contributed by atoms with van der Waals surface area (Å²) >= 11 is 0. The number of anilines is 2. The van der Waals surface area contributed by atoms with Crippen LogP contribution in [0.25, 0.3) is 0 Å². The van der Waals surface area contributed by atoms with Gasteiger partial charge in [0.1, 0.15) is 5.82 Å². The van der Waals surface area contributed by atoms with Crippen molar-refractivity contribution in [3.05, 3.63) is 18.3 Å². The summed E-state index contributed by atoms with van der Waals surface area (Å²) in [5.74, 6) is 5.94. The van der Waals surface area contributed by atoms with E-state index < -0.39 is 0 Å². The second-order valence-electron chi connectivity index (χ2n) is 3.94. The number of hydrogen-bond donors (Lipinski definition) is 3. The van der Waals surface area contributed by atoms with Gasteiger partial charge in [-0.1, -0.05) is 6.92 Å². The lowest BCUT2D eigenvalue weighted by Crippen LogP contribution is -2.29. The molecular formula is C10H18N4. The highest BCUT2D eigenvalue weighted by atomic mass is 15.2. The first-order valence-electron chi connectivity index (χ1n) is 4.78. The van der Waals surface area contributed by atoms with Gasteiger partial charge < -0.3 is 10.7 Å². The highest BCUT2D eigenvalue weighted by Crippen LogP contribution is 2.18. The minimum Gasteiger partial charge on any atom is -0.380 e. The van der Waals surface area contributed by atoms with Crippen LogP contribution in [0.1, 0.15) is 27.2 Å². The van der Waals surface area contributed by atoms with Crippen LogP contribution in [0, 0.1) is 0 Å². The first-order chi connectivity index (χ1) is 6.57. The van der Waals surface area contributed by atoms with E-state index >= 15 is 0 Å². The quantitative estimate of drug-likeness (QED) is 0.506. The topological polar surface area (TPSA) is 63.0 Å². The summed E-state index contributed by atoms with van der Waals surface area (Å²) in [6, 6.07) is 3.82. The van der Waals surface area contributed by atoms with Gasteiger partial charge in [-0.15, -0.1) is 0 Å². The average molecular weight is 194 g/mol. The van der Waals surface area contributed by atoms with Crippen molar-refractivity contribution in [3.63, 3.8) is 0 Å². The third-order valence-corrected chi connectivity index (χ3v) is 2.27. The smallest absolute Gasteiger partial charge is 0.141 e. The van der Waals surface area contributed by atoms with Crippen LogP contribution in [0.5, 0.6) is 0 Å². The van der Waals surface area contributed by atoms with Crippen molar-refractivity contribution in [2.24, 2.45) is 5.84 Å². The van der Waals surface area contributed by atoms with E-state index in [2.05, 4.69) is 36.5 Å². The molecule has 0 amide bonds. The van der Waals surface area contributed by atoms with Gasteiger partial charge >= 0.3 is 0 Å². The zero-order valence-corrected chi connectivity index (χ0v) is 8.96. The van der Waals surface area contributed by atoms with Gasteiger partial charge in [-0.25, -0.2) is 10.8 Å². The fraction of sp³-hybridized carbons (Fsp3) is 0.500. The van der Waals surface area contributed by atoms with Crippen molar-refractivity contribution >= 4 is 11.5 Å². The SMILES string of the molecule is CCC(C)(C)Nc1ccnc(NN)c1. The van der Waals surface area contributed by atoms with Gasteiger partial charge in [-0.05, 0) is 26.3 Å². The fourth-order valence-electron chi connectivity index (χ4n) is 1.07. The molecule has 4 heteroatoms. The molecule has 0 aliphatic rings. The van der Waals surface area contributed by atoms with Gasteiger partial charge in [0.05, 0.1) is 0 Å². The minimum atomic E-state index is 0.0905. The molecule has 78 valence electrons. The Balaban J connectivity index is 2.76. The van der Waals surface area contributed by atoms with Crippen molar-refractivity contribution in [2.45, 2.75) is 32.7 Å². The minimum absolute atomic E-state index is 0.0905. The summed E-state index contributed by atoms with van der Waals surface area (Å²) < 4.78 is 0. The predicted molar refractivity (Wildman–Crippen MR) is 60.0 cm³/mol. The molecule has 0 bridgehead atoms. The fourth-order valence-corrected chi connectivity index (χ4v) is 1.07. The molecule has 0 saturated heterocycles. The first-order valence-corrected chi connectivity index (χ1v) is 4.78. The molecule has 0 saturated carbocycles. The molecule has 14 heavy (non-hydrogen) atoms. The normalized spacial score (nSPS) is 11.1. The summed E-state index contributed by atoms with van der Waals surface area (Å²) in [5, 5.41) is 3.41. The molecule has 4 nitrogen and oxygen atoms in total. The second-order valence-corrected chi connectivity index (χ2v) is 3.94. The van der Waals surface area contributed by atoms with E-state index in [9.17, 15) is 0 Å². The van der Waals surface area contributed by atoms with E-state index in [4.69, 9.17) is 5.84 Å². The number of hydrazine groups is 1. The van der Waals surface area contributed by atoms with Gasteiger partial charge in [0.2, 0.25) is 0 Å².